The topological polar surface area (TPSA) is 36.7 Å². The molecular weight excluding hydrogens is 444 g/mol. The van der Waals surface area contributed by atoms with Gasteiger partial charge in [-0.25, -0.2) is 4.98 Å². The molecule has 0 aliphatic rings. The Morgan fingerprint density at radius 2 is 1.37 bits per heavy atom. The standard InChI is InChI=1S/C32H28N2S/c1-23-7-11-26(12-8-23)15-17-29-20-30(18-16-27-13-9-24(2)10-14-27)34-32(31(29)21-33)35-22-28-6-4-5-25(3)19-28/h4-20H,22H2,1-3H3/b17-15+,18-16+. The number of rotatable bonds is 7. The molecule has 0 bridgehead atoms. The highest BCUT2D eigenvalue weighted by Crippen LogP contribution is 2.29. The largest absolute Gasteiger partial charge is 0.241 e. The van der Waals surface area contributed by atoms with E-state index in [1.165, 1.54) is 22.3 Å². The van der Waals surface area contributed by atoms with Crippen molar-refractivity contribution in [3.05, 3.63) is 129 Å². The summed E-state index contributed by atoms with van der Waals surface area (Å²) in [6, 6.07) is 29.6. The molecule has 0 saturated carbocycles. The molecule has 1 heterocycles. The first-order valence-corrected chi connectivity index (χ1v) is 12.6. The minimum absolute atomic E-state index is 0.610. The van der Waals surface area contributed by atoms with Gasteiger partial charge in [0.2, 0.25) is 0 Å². The Balaban J connectivity index is 1.69. The van der Waals surface area contributed by atoms with Crippen molar-refractivity contribution in [1.82, 2.24) is 4.98 Å². The molecule has 0 aliphatic heterocycles. The number of thioether (sulfide) groups is 1. The van der Waals surface area contributed by atoms with E-state index in [4.69, 9.17) is 4.98 Å². The summed E-state index contributed by atoms with van der Waals surface area (Å²) < 4.78 is 0. The normalized spacial score (nSPS) is 11.3. The summed E-state index contributed by atoms with van der Waals surface area (Å²) in [5.74, 6) is 0.760. The summed E-state index contributed by atoms with van der Waals surface area (Å²) in [5.41, 5.74) is 9.44. The van der Waals surface area contributed by atoms with Crippen LogP contribution in [0.3, 0.4) is 0 Å². The van der Waals surface area contributed by atoms with Gasteiger partial charge in [0.15, 0.2) is 0 Å². The van der Waals surface area contributed by atoms with Crippen LogP contribution >= 0.6 is 11.8 Å². The highest BCUT2D eigenvalue weighted by Gasteiger charge is 2.12. The van der Waals surface area contributed by atoms with E-state index in [9.17, 15) is 5.26 Å². The Hall–Kier alpha value is -3.87. The lowest BCUT2D eigenvalue weighted by Gasteiger charge is -2.09. The smallest absolute Gasteiger partial charge is 0.115 e. The summed E-state index contributed by atoms with van der Waals surface area (Å²) in [6.45, 7) is 6.26. The Kier molecular flexibility index (Phi) is 7.98. The van der Waals surface area contributed by atoms with Gasteiger partial charge >= 0.3 is 0 Å². The van der Waals surface area contributed by atoms with Crippen LogP contribution in [0.5, 0.6) is 0 Å². The minimum Gasteiger partial charge on any atom is -0.241 e. The average Bonchev–Trinajstić information content (AvgIpc) is 2.86. The first-order chi connectivity index (χ1) is 17.0. The van der Waals surface area contributed by atoms with E-state index in [0.29, 0.717) is 5.56 Å². The lowest BCUT2D eigenvalue weighted by Crippen LogP contribution is -1.95. The zero-order chi connectivity index (χ0) is 24.6. The van der Waals surface area contributed by atoms with Crippen molar-refractivity contribution in [1.29, 1.82) is 5.26 Å². The predicted octanol–water partition coefficient (Wildman–Crippen LogP) is 8.51. The minimum atomic E-state index is 0.610. The summed E-state index contributed by atoms with van der Waals surface area (Å²) in [4.78, 5) is 4.86. The second-order valence-electron chi connectivity index (χ2n) is 8.69. The zero-order valence-corrected chi connectivity index (χ0v) is 21.1. The van der Waals surface area contributed by atoms with Crippen LogP contribution < -0.4 is 0 Å². The molecule has 0 atom stereocenters. The fraction of sp³-hybridized carbons (Fsp3) is 0.125. The molecule has 0 saturated heterocycles. The maximum atomic E-state index is 10.0. The SMILES string of the molecule is Cc1ccc(/C=C/c2cc(/C=C/c3ccc(C)cc3)c(C#N)c(SCc3cccc(C)c3)n2)cc1. The quantitative estimate of drug-likeness (QED) is 0.253. The predicted molar refractivity (Wildman–Crippen MR) is 150 cm³/mol. The van der Waals surface area contributed by atoms with E-state index in [2.05, 4.69) is 112 Å². The lowest BCUT2D eigenvalue weighted by atomic mass is 10.1. The van der Waals surface area contributed by atoms with E-state index in [-0.39, 0.29) is 0 Å². The van der Waals surface area contributed by atoms with Crippen LogP contribution in [0, 0.1) is 32.1 Å². The van der Waals surface area contributed by atoms with Crippen molar-refractivity contribution in [3.63, 3.8) is 0 Å². The summed E-state index contributed by atoms with van der Waals surface area (Å²) in [5, 5.41) is 10.8. The second-order valence-corrected chi connectivity index (χ2v) is 9.66. The molecule has 0 aliphatic carbocycles. The molecule has 0 spiro atoms. The number of aromatic nitrogens is 1. The molecule has 2 nitrogen and oxygen atoms in total. The summed E-state index contributed by atoms with van der Waals surface area (Å²) in [7, 11) is 0. The number of nitriles is 1. The molecule has 3 aromatic carbocycles. The zero-order valence-electron chi connectivity index (χ0n) is 20.3. The van der Waals surface area contributed by atoms with Crippen LogP contribution in [-0.2, 0) is 5.75 Å². The van der Waals surface area contributed by atoms with Gasteiger partial charge in [0.25, 0.3) is 0 Å². The van der Waals surface area contributed by atoms with Crippen molar-refractivity contribution in [2.75, 3.05) is 0 Å². The molecule has 35 heavy (non-hydrogen) atoms. The van der Waals surface area contributed by atoms with E-state index >= 15 is 0 Å². The maximum Gasteiger partial charge on any atom is 0.115 e. The third kappa shape index (κ3) is 6.82. The average molecular weight is 473 g/mol. The van der Waals surface area contributed by atoms with Crippen LogP contribution in [-0.4, -0.2) is 4.98 Å². The van der Waals surface area contributed by atoms with Crippen LogP contribution in [0.4, 0.5) is 0 Å². The van der Waals surface area contributed by atoms with Crippen molar-refractivity contribution < 1.29 is 0 Å². The van der Waals surface area contributed by atoms with Gasteiger partial charge in [-0.05, 0) is 55.2 Å². The molecule has 0 radical (unpaired) electrons. The van der Waals surface area contributed by atoms with E-state index in [1.54, 1.807) is 11.8 Å². The Morgan fingerprint density at radius 1 is 0.743 bits per heavy atom. The number of benzene rings is 3. The van der Waals surface area contributed by atoms with Crippen LogP contribution in [0.25, 0.3) is 24.3 Å². The van der Waals surface area contributed by atoms with Crippen LogP contribution in [0.1, 0.15) is 50.2 Å². The highest BCUT2D eigenvalue weighted by molar-refractivity contribution is 7.98. The molecule has 4 aromatic rings. The van der Waals surface area contributed by atoms with E-state index in [1.807, 2.05) is 18.2 Å². The van der Waals surface area contributed by atoms with Gasteiger partial charge in [-0.3, -0.25) is 0 Å². The molecule has 0 fully saturated rings. The van der Waals surface area contributed by atoms with Gasteiger partial charge in [-0.15, -0.1) is 11.8 Å². The Bertz CT molecular complexity index is 1410. The van der Waals surface area contributed by atoms with Gasteiger partial charge in [0.05, 0.1) is 11.3 Å². The first kappa shape index (κ1) is 24.3. The number of hydrogen-bond acceptors (Lipinski definition) is 3. The first-order valence-electron chi connectivity index (χ1n) is 11.6. The maximum absolute atomic E-state index is 10.0. The van der Waals surface area contributed by atoms with Gasteiger partial charge in [0, 0.05) is 5.75 Å². The fourth-order valence-corrected chi connectivity index (χ4v) is 4.63. The molecule has 3 heteroatoms. The van der Waals surface area contributed by atoms with Gasteiger partial charge < -0.3 is 0 Å². The van der Waals surface area contributed by atoms with E-state index < -0.39 is 0 Å². The third-order valence-corrected chi connectivity index (χ3v) is 6.71. The molecular formula is C32H28N2S. The molecule has 1 aromatic heterocycles. The molecule has 0 unspecified atom stereocenters. The van der Waals surface area contributed by atoms with Crippen molar-refractivity contribution >= 4 is 36.1 Å². The highest BCUT2D eigenvalue weighted by atomic mass is 32.2. The molecule has 0 N–H and O–H groups in total. The van der Waals surface area contributed by atoms with Gasteiger partial charge in [0.1, 0.15) is 11.1 Å². The number of aryl methyl sites for hydroxylation is 3. The lowest BCUT2D eigenvalue weighted by molar-refractivity contribution is 1.09. The molecule has 172 valence electrons. The van der Waals surface area contributed by atoms with Crippen LogP contribution in [0.2, 0.25) is 0 Å². The fourth-order valence-electron chi connectivity index (χ4n) is 3.67. The van der Waals surface area contributed by atoms with Gasteiger partial charge in [-0.2, -0.15) is 5.26 Å². The molecule has 4 rings (SSSR count). The number of nitrogens with zero attached hydrogens (tertiary/aromatic N) is 2. The summed E-state index contributed by atoms with van der Waals surface area (Å²) >= 11 is 1.61. The Labute approximate surface area is 212 Å². The van der Waals surface area contributed by atoms with E-state index in [0.717, 1.165) is 33.2 Å². The number of hydrogen-bond donors (Lipinski definition) is 0. The third-order valence-electron chi connectivity index (χ3n) is 5.66. The monoisotopic (exact) mass is 472 g/mol. The Morgan fingerprint density at radius 3 is 1.97 bits per heavy atom. The van der Waals surface area contributed by atoms with Gasteiger partial charge in [-0.1, -0.05) is 108 Å². The molecule has 0 amide bonds. The van der Waals surface area contributed by atoms with Crippen molar-refractivity contribution in [2.24, 2.45) is 0 Å². The van der Waals surface area contributed by atoms with Crippen molar-refractivity contribution in [3.8, 4) is 6.07 Å². The summed E-state index contributed by atoms with van der Waals surface area (Å²) in [6.07, 6.45) is 8.16. The second kappa shape index (κ2) is 11.5. The van der Waals surface area contributed by atoms with Crippen molar-refractivity contribution in [2.45, 2.75) is 31.6 Å². The number of pyridine rings is 1. The van der Waals surface area contributed by atoms with Crippen LogP contribution in [0.15, 0.2) is 83.9 Å².